The fourth-order valence-electron chi connectivity index (χ4n) is 5.05. The van der Waals surface area contributed by atoms with Crippen LogP contribution in [-0.4, -0.2) is 60.0 Å². The van der Waals surface area contributed by atoms with Crippen LogP contribution in [0.4, 0.5) is 16.2 Å². The summed E-state index contributed by atoms with van der Waals surface area (Å²) in [6, 6.07) is 7.67. The summed E-state index contributed by atoms with van der Waals surface area (Å²) in [7, 11) is 1.62. The van der Waals surface area contributed by atoms with E-state index in [2.05, 4.69) is 37.8 Å². The molecule has 0 radical (unpaired) electrons. The number of hydrogen-bond acceptors (Lipinski definition) is 7. The molecule has 2 aliphatic rings. The number of amides is 2. The van der Waals surface area contributed by atoms with Crippen LogP contribution in [0.1, 0.15) is 54.4 Å². The zero-order valence-electron chi connectivity index (χ0n) is 24.0. The molecule has 4 heterocycles. The maximum absolute atomic E-state index is 13.1. The van der Waals surface area contributed by atoms with Crippen molar-refractivity contribution < 1.29 is 23.8 Å². The summed E-state index contributed by atoms with van der Waals surface area (Å²) in [5.74, 6) is 7.02. The Balaban J connectivity index is 1.57. The largest absolute Gasteiger partial charge is 0.494 e. The average Bonchev–Trinajstić information content (AvgIpc) is 3.52. The normalized spacial score (nSPS) is 18.0. The van der Waals surface area contributed by atoms with Gasteiger partial charge in [0.2, 0.25) is 0 Å². The first-order chi connectivity index (χ1) is 19.6. The zero-order chi connectivity index (χ0) is 29.2. The molecule has 214 valence electrons. The van der Waals surface area contributed by atoms with E-state index in [0.29, 0.717) is 54.3 Å². The number of aromatic nitrogens is 2. The quantitative estimate of drug-likeness (QED) is 0.341. The second-order valence-corrected chi connectivity index (χ2v) is 11.2. The van der Waals surface area contributed by atoms with Crippen LogP contribution in [0.2, 0.25) is 0 Å². The summed E-state index contributed by atoms with van der Waals surface area (Å²) >= 11 is 0. The molecule has 0 spiro atoms. The number of aryl methyl sites for hydroxylation is 1. The molecule has 0 aliphatic carbocycles. The van der Waals surface area contributed by atoms with E-state index in [0.717, 1.165) is 22.5 Å². The Morgan fingerprint density at radius 1 is 1.24 bits per heavy atom. The smallest absolute Gasteiger partial charge is 0.408 e. The summed E-state index contributed by atoms with van der Waals surface area (Å²) in [4.78, 5) is 33.5. The molecule has 2 amide bonds. The standard InChI is InChI=1S/C31H35N5O5/c1-19-7-6-8-23(27(19)39-5)35-26-24-22(11-15-33-28(24)37)34-25(26)21-10-14-32-17-20(21)9-12-31(13-16-40-18-31)36-29(38)41-30(2,3)4/h6-8,10,14,17,34-35H,11,13,15-16,18H2,1-5H3,(H,33,37)(H,36,38). The van der Waals surface area contributed by atoms with E-state index in [9.17, 15) is 9.59 Å². The van der Waals surface area contributed by atoms with Crippen molar-refractivity contribution in [2.75, 3.05) is 32.2 Å². The molecule has 3 aromatic rings. The summed E-state index contributed by atoms with van der Waals surface area (Å²) in [6.45, 7) is 8.65. The molecular weight excluding hydrogens is 522 g/mol. The van der Waals surface area contributed by atoms with Crippen molar-refractivity contribution in [3.63, 3.8) is 0 Å². The van der Waals surface area contributed by atoms with Gasteiger partial charge in [0.1, 0.15) is 16.9 Å². The van der Waals surface area contributed by atoms with Crippen molar-refractivity contribution in [2.45, 2.75) is 51.7 Å². The zero-order valence-corrected chi connectivity index (χ0v) is 24.0. The number of carbonyl (C=O) groups excluding carboxylic acids is 2. The molecule has 1 unspecified atom stereocenters. The number of benzene rings is 1. The fraction of sp³-hybridized carbons (Fsp3) is 0.387. The summed E-state index contributed by atoms with van der Waals surface area (Å²) in [5.41, 5.74) is 4.26. The Bertz CT molecular complexity index is 1540. The third-order valence-electron chi connectivity index (χ3n) is 6.93. The lowest BCUT2D eigenvalue weighted by Crippen LogP contribution is -2.49. The Morgan fingerprint density at radius 2 is 2.07 bits per heavy atom. The monoisotopic (exact) mass is 557 g/mol. The van der Waals surface area contributed by atoms with E-state index < -0.39 is 17.2 Å². The van der Waals surface area contributed by atoms with Gasteiger partial charge in [0.15, 0.2) is 0 Å². The number of alkyl carbamates (subject to hydrolysis) is 1. The molecule has 5 rings (SSSR count). The summed E-state index contributed by atoms with van der Waals surface area (Å²) in [5, 5.41) is 9.34. The van der Waals surface area contributed by atoms with Gasteiger partial charge >= 0.3 is 6.09 Å². The minimum atomic E-state index is -0.902. The summed E-state index contributed by atoms with van der Waals surface area (Å²) < 4.78 is 16.8. The fourth-order valence-corrected chi connectivity index (χ4v) is 5.05. The van der Waals surface area contributed by atoms with Gasteiger partial charge in [-0.25, -0.2) is 4.79 Å². The van der Waals surface area contributed by atoms with Gasteiger partial charge in [0, 0.05) is 43.0 Å². The number of aromatic amines is 1. The van der Waals surface area contributed by atoms with Crippen LogP contribution < -0.4 is 20.7 Å². The Morgan fingerprint density at radius 3 is 2.80 bits per heavy atom. The van der Waals surface area contributed by atoms with E-state index in [1.807, 2.05) is 52.0 Å². The first kappa shape index (κ1) is 28.1. The predicted molar refractivity (Wildman–Crippen MR) is 155 cm³/mol. The van der Waals surface area contributed by atoms with Crippen molar-refractivity contribution >= 4 is 23.4 Å². The van der Waals surface area contributed by atoms with Crippen molar-refractivity contribution in [3.05, 3.63) is 59.0 Å². The van der Waals surface area contributed by atoms with Crippen LogP contribution in [0.25, 0.3) is 11.3 Å². The van der Waals surface area contributed by atoms with E-state index in [4.69, 9.17) is 14.2 Å². The van der Waals surface area contributed by atoms with E-state index >= 15 is 0 Å². The number of fused-ring (bicyclic) bond motifs is 1. The van der Waals surface area contributed by atoms with Crippen LogP contribution in [0, 0.1) is 18.8 Å². The molecule has 10 heteroatoms. The van der Waals surface area contributed by atoms with E-state index in [1.165, 1.54) is 0 Å². The Labute approximate surface area is 239 Å². The number of hydrogen-bond donors (Lipinski definition) is 4. The highest BCUT2D eigenvalue weighted by molar-refractivity contribution is 6.06. The molecular formula is C31H35N5O5. The van der Waals surface area contributed by atoms with Gasteiger partial charge in [0.25, 0.3) is 5.91 Å². The number of methoxy groups -OCH3 is 1. The van der Waals surface area contributed by atoms with Crippen LogP contribution in [0.15, 0.2) is 36.7 Å². The van der Waals surface area contributed by atoms with Gasteiger partial charge in [-0.05, 0) is 45.4 Å². The van der Waals surface area contributed by atoms with Crippen LogP contribution in [0.3, 0.4) is 0 Å². The molecule has 1 saturated heterocycles. The van der Waals surface area contributed by atoms with E-state index in [-0.39, 0.29) is 12.5 Å². The maximum Gasteiger partial charge on any atom is 0.408 e. The van der Waals surface area contributed by atoms with Gasteiger partial charge in [-0.15, -0.1) is 0 Å². The Hall–Kier alpha value is -4.49. The molecule has 1 atom stereocenters. The number of para-hydroxylation sites is 1. The van der Waals surface area contributed by atoms with Crippen molar-refractivity contribution in [1.82, 2.24) is 20.6 Å². The topological polar surface area (TPSA) is 127 Å². The van der Waals surface area contributed by atoms with Gasteiger partial charge in [-0.1, -0.05) is 24.0 Å². The van der Waals surface area contributed by atoms with Crippen molar-refractivity contribution in [3.8, 4) is 28.8 Å². The minimum Gasteiger partial charge on any atom is -0.494 e. The number of nitrogens with zero attached hydrogens (tertiary/aromatic N) is 1. The highest BCUT2D eigenvalue weighted by atomic mass is 16.6. The predicted octanol–water partition coefficient (Wildman–Crippen LogP) is 4.46. The minimum absolute atomic E-state index is 0.159. The van der Waals surface area contributed by atoms with Gasteiger partial charge in [0.05, 0.1) is 48.5 Å². The van der Waals surface area contributed by atoms with Crippen molar-refractivity contribution in [2.24, 2.45) is 0 Å². The number of pyridine rings is 1. The molecule has 10 nitrogen and oxygen atoms in total. The molecule has 4 N–H and O–H groups in total. The third kappa shape index (κ3) is 6.00. The SMILES string of the molecule is COc1c(C)cccc1Nc1c(-c2ccncc2C#CC2(NC(=O)OC(C)(C)C)CCOC2)[nH]c2c1C(=O)NCC2. The van der Waals surface area contributed by atoms with Crippen LogP contribution >= 0.6 is 0 Å². The van der Waals surface area contributed by atoms with Crippen molar-refractivity contribution in [1.29, 1.82) is 0 Å². The average molecular weight is 558 g/mol. The molecule has 1 fully saturated rings. The van der Waals surface area contributed by atoms with Crippen LogP contribution in [-0.2, 0) is 15.9 Å². The Kier molecular flexibility index (Phi) is 7.65. The molecule has 2 aromatic heterocycles. The van der Waals surface area contributed by atoms with Gasteiger partial charge in [-0.3, -0.25) is 9.78 Å². The first-order valence-corrected chi connectivity index (χ1v) is 13.6. The summed E-state index contributed by atoms with van der Waals surface area (Å²) in [6.07, 6.45) is 3.99. The highest BCUT2D eigenvalue weighted by Gasteiger charge is 2.36. The number of anilines is 2. The number of ether oxygens (including phenoxy) is 3. The third-order valence-corrected chi connectivity index (χ3v) is 6.93. The van der Waals surface area contributed by atoms with Gasteiger partial charge < -0.3 is 35.1 Å². The molecule has 2 aliphatic heterocycles. The highest BCUT2D eigenvalue weighted by Crippen LogP contribution is 2.40. The number of carbonyl (C=O) groups is 2. The lowest BCUT2D eigenvalue weighted by atomic mass is 9.98. The van der Waals surface area contributed by atoms with E-state index in [1.54, 1.807) is 19.5 Å². The number of nitrogens with one attached hydrogen (secondary N) is 4. The molecule has 1 aromatic carbocycles. The lowest BCUT2D eigenvalue weighted by Gasteiger charge is -2.26. The second-order valence-electron chi connectivity index (χ2n) is 11.2. The second kappa shape index (κ2) is 11.2. The lowest BCUT2D eigenvalue weighted by molar-refractivity contribution is 0.0472. The first-order valence-electron chi connectivity index (χ1n) is 13.6. The maximum atomic E-state index is 13.1. The molecule has 0 bridgehead atoms. The van der Waals surface area contributed by atoms with Gasteiger partial charge in [-0.2, -0.15) is 0 Å². The number of rotatable bonds is 5. The van der Waals surface area contributed by atoms with Crippen LogP contribution in [0.5, 0.6) is 5.75 Å². The molecule has 0 saturated carbocycles. The number of H-pyrrole nitrogens is 1. The molecule has 41 heavy (non-hydrogen) atoms.